The van der Waals surface area contributed by atoms with E-state index in [9.17, 15) is 9.59 Å². The minimum Gasteiger partial charge on any atom is -0.411 e. The number of nitrogens with one attached hydrogen (secondary N) is 1. The van der Waals surface area contributed by atoms with Crippen LogP contribution in [0.15, 0.2) is 24.4 Å². The molecule has 5 nitrogen and oxygen atoms in total. The third-order valence-corrected chi connectivity index (χ3v) is 12.3. The molecule has 4 rings (SSSR count). The van der Waals surface area contributed by atoms with Crippen molar-refractivity contribution in [2.45, 2.75) is 63.4 Å². The van der Waals surface area contributed by atoms with Crippen molar-refractivity contribution in [1.29, 1.82) is 0 Å². The molecule has 0 radical (unpaired) electrons. The van der Waals surface area contributed by atoms with Crippen molar-refractivity contribution < 1.29 is 14.0 Å². The lowest BCUT2D eigenvalue weighted by atomic mass is 9.41. The van der Waals surface area contributed by atoms with E-state index in [2.05, 4.69) is 45.3 Å². The normalized spacial score (nSPS) is 41.3. The van der Waals surface area contributed by atoms with Crippen LogP contribution in [-0.2, 0) is 14.0 Å². The van der Waals surface area contributed by atoms with Crippen molar-refractivity contribution in [3.05, 3.63) is 24.4 Å². The zero-order valence-electron chi connectivity index (χ0n) is 16.6. The van der Waals surface area contributed by atoms with Gasteiger partial charge in [-0.2, -0.15) is 0 Å². The van der Waals surface area contributed by atoms with E-state index < -0.39 is 19.3 Å². The van der Waals surface area contributed by atoms with Crippen LogP contribution in [0.25, 0.3) is 0 Å². The van der Waals surface area contributed by atoms with Gasteiger partial charge in [-0.1, -0.05) is 32.9 Å². The van der Waals surface area contributed by atoms with E-state index >= 15 is 0 Å². The smallest absolute Gasteiger partial charge is 0.244 e. The van der Waals surface area contributed by atoms with Gasteiger partial charge in [0.1, 0.15) is 0 Å². The van der Waals surface area contributed by atoms with Gasteiger partial charge in [0.15, 0.2) is 8.32 Å². The molecule has 5 atom stereocenters. The van der Waals surface area contributed by atoms with Crippen LogP contribution in [0.3, 0.4) is 0 Å². The first-order valence-electron chi connectivity index (χ1n) is 9.61. The number of allylic oxidation sites excluding steroid dienone is 1. The molecule has 0 aromatic rings. The minimum absolute atomic E-state index is 0.0832. The van der Waals surface area contributed by atoms with Gasteiger partial charge >= 0.3 is 0 Å². The maximum absolute atomic E-state index is 13.3. The minimum atomic E-state index is -2.03. The van der Waals surface area contributed by atoms with Crippen LogP contribution < -0.4 is 5.32 Å². The fourth-order valence-electron chi connectivity index (χ4n) is 5.51. The summed E-state index contributed by atoms with van der Waals surface area (Å²) in [5, 5.41) is 3.33. The number of fused-ring (bicyclic) bond motifs is 1. The molecule has 2 heterocycles. The maximum Gasteiger partial charge on any atom is 0.244 e. The highest BCUT2D eigenvalue weighted by atomic mass is 28.4. The van der Waals surface area contributed by atoms with Crippen LogP contribution in [0.1, 0.15) is 33.6 Å². The average molecular weight is 375 g/mol. The summed E-state index contributed by atoms with van der Waals surface area (Å²) in [6, 6.07) is 0. The highest BCUT2D eigenvalue weighted by Gasteiger charge is 2.81. The fraction of sp³-hybridized carbons (Fsp3) is 0.700. The SMILES string of the molecule is CN1C=C[C@@H]2[C@@H]3C=CC(=O)N[C@@]34[C@H](O[Si](C)(C)C(C)(C)C)CC[C@@]24C1=O. The van der Waals surface area contributed by atoms with E-state index in [4.69, 9.17) is 4.43 Å². The van der Waals surface area contributed by atoms with Crippen molar-refractivity contribution >= 4 is 20.1 Å². The Labute approximate surface area is 157 Å². The third kappa shape index (κ3) is 1.89. The second-order valence-electron chi connectivity index (χ2n) is 9.90. The molecular weight excluding hydrogens is 344 g/mol. The Morgan fingerprint density at radius 2 is 1.92 bits per heavy atom. The summed E-state index contributed by atoms with van der Waals surface area (Å²) in [4.78, 5) is 27.4. The summed E-state index contributed by atoms with van der Waals surface area (Å²) in [6.45, 7) is 11.2. The number of carbonyl (C=O) groups excluding carboxylic acids is 2. The topological polar surface area (TPSA) is 58.6 Å². The number of hydrogen-bond acceptors (Lipinski definition) is 3. The van der Waals surface area contributed by atoms with E-state index in [0.29, 0.717) is 0 Å². The molecular formula is C20H30N2O3Si. The first-order chi connectivity index (χ1) is 12.0. The highest BCUT2D eigenvalue weighted by Crippen LogP contribution is 2.71. The lowest BCUT2D eigenvalue weighted by molar-refractivity contribution is -0.184. The second kappa shape index (κ2) is 5.10. The van der Waals surface area contributed by atoms with Crippen LogP contribution in [0, 0.1) is 17.3 Å². The summed E-state index contributed by atoms with van der Waals surface area (Å²) in [5.74, 6) is 0.301. The second-order valence-corrected chi connectivity index (χ2v) is 14.7. The molecule has 2 spiro atoms. The summed E-state index contributed by atoms with van der Waals surface area (Å²) in [6.07, 6.45) is 9.16. The van der Waals surface area contributed by atoms with Gasteiger partial charge in [0.25, 0.3) is 0 Å². The molecule has 142 valence electrons. The Balaban J connectivity index is 1.79. The summed E-state index contributed by atoms with van der Waals surface area (Å²) >= 11 is 0. The average Bonchev–Trinajstić information content (AvgIpc) is 2.74. The molecule has 26 heavy (non-hydrogen) atoms. The molecule has 0 aromatic carbocycles. The van der Waals surface area contributed by atoms with Gasteiger partial charge in [-0.25, -0.2) is 0 Å². The van der Waals surface area contributed by atoms with Gasteiger partial charge < -0.3 is 14.6 Å². The number of carbonyl (C=O) groups is 2. The van der Waals surface area contributed by atoms with Crippen LogP contribution in [0.4, 0.5) is 0 Å². The summed E-state index contributed by atoms with van der Waals surface area (Å²) < 4.78 is 6.83. The molecule has 0 unspecified atom stereocenters. The lowest BCUT2D eigenvalue weighted by Gasteiger charge is -2.68. The first-order valence-corrected chi connectivity index (χ1v) is 12.5. The van der Waals surface area contributed by atoms with Crippen molar-refractivity contribution in [2.24, 2.45) is 17.3 Å². The molecule has 2 amide bonds. The Bertz CT molecular complexity index is 738. The van der Waals surface area contributed by atoms with E-state index in [-0.39, 0.29) is 34.8 Å². The molecule has 2 aliphatic heterocycles. The summed E-state index contributed by atoms with van der Waals surface area (Å²) in [7, 11) is -0.215. The van der Waals surface area contributed by atoms with Crippen LogP contribution in [0.5, 0.6) is 0 Å². The lowest BCUT2D eigenvalue weighted by Crippen LogP contribution is -2.83. The van der Waals surface area contributed by atoms with Crippen LogP contribution >= 0.6 is 0 Å². The quantitative estimate of drug-likeness (QED) is 0.756. The van der Waals surface area contributed by atoms with Gasteiger partial charge in [-0.15, -0.1) is 0 Å². The van der Waals surface area contributed by atoms with Crippen molar-refractivity contribution in [2.75, 3.05) is 7.05 Å². The van der Waals surface area contributed by atoms with Gasteiger partial charge in [0.05, 0.1) is 17.1 Å². The highest BCUT2D eigenvalue weighted by molar-refractivity contribution is 6.74. The Kier molecular flexibility index (Phi) is 3.53. The largest absolute Gasteiger partial charge is 0.411 e. The van der Waals surface area contributed by atoms with E-state index in [1.165, 1.54) is 0 Å². The van der Waals surface area contributed by atoms with Crippen molar-refractivity contribution in [1.82, 2.24) is 10.2 Å². The number of nitrogens with zero attached hydrogens (tertiary/aromatic N) is 1. The van der Waals surface area contributed by atoms with E-state index in [1.807, 2.05) is 19.3 Å². The summed E-state index contributed by atoms with van der Waals surface area (Å²) in [5.41, 5.74) is -1.16. The zero-order valence-corrected chi connectivity index (χ0v) is 17.6. The molecule has 0 bridgehead atoms. The molecule has 0 saturated heterocycles. The molecule has 2 saturated carbocycles. The fourth-order valence-corrected chi connectivity index (χ4v) is 6.88. The predicted octanol–water partition coefficient (Wildman–Crippen LogP) is 2.81. The van der Waals surface area contributed by atoms with Crippen molar-refractivity contribution in [3.8, 4) is 0 Å². The van der Waals surface area contributed by atoms with Gasteiger partial charge in [0.2, 0.25) is 11.8 Å². The van der Waals surface area contributed by atoms with Crippen molar-refractivity contribution in [3.63, 3.8) is 0 Å². The van der Waals surface area contributed by atoms with E-state index in [0.717, 1.165) is 12.8 Å². The molecule has 4 aliphatic rings. The Morgan fingerprint density at radius 1 is 1.23 bits per heavy atom. The Hall–Kier alpha value is -1.40. The molecule has 1 N–H and O–H groups in total. The van der Waals surface area contributed by atoms with Crippen LogP contribution in [-0.4, -0.2) is 43.7 Å². The number of amides is 2. The number of hydrogen-bond donors (Lipinski definition) is 1. The van der Waals surface area contributed by atoms with E-state index in [1.54, 1.807) is 11.0 Å². The predicted molar refractivity (Wildman–Crippen MR) is 103 cm³/mol. The third-order valence-electron chi connectivity index (χ3n) is 7.78. The molecule has 2 fully saturated rings. The standard InChI is InChI=1S/C20H30N2O3Si/c1-18(2,3)26(5,6)25-15-9-11-19-13(10-12-22(4)17(19)24)14-7-8-16(23)21-20(14,15)19/h7-8,10,12-15H,9,11H2,1-6H3,(H,21,23)/t13-,14+,15-,19+,20-/m1/s1. The van der Waals surface area contributed by atoms with Gasteiger partial charge in [-0.3, -0.25) is 9.59 Å². The first kappa shape index (κ1) is 18.0. The monoisotopic (exact) mass is 374 g/mol. The zero-order chi connectivity index (χ0) is 19.1. The molecule has 0 aromatic heterocycles. The van der Waals surface area contributed by atoms with Crippen LogP contribution in [0.2, 0.25) is 18.1 Å². The maximum atomic E-state index is 13.3. The molecule has 6 heteroatoms. The van der Waals surface area contributed by atoms with Gasteiger partial charge in [0, 0.05) is 25.1 Å². The Morgan fingerprint density at radius 3 is 2.58 bits per heavy atom. The van der Waals surface area contributed by atoms with Gasteiger partial charge in [-0.05, 0) is 37.0 Å². The molecule has 2 aliphatic carbocycles. The number of rotatable bonds is 2.